The lowest BCUT2D eigenvalue weighted by molar-refractivity contribution is -0.114. The summed E-state index contributed by atoms with van der Waals surface area (Å²) < 4.78 is 5.44. The standard InChI is InChI=1S/C18H14N2O2/c1-2-22-14-7-5-6-13(12-14)10-11-17-18(21)20-16-9-4-3-8-15(16)19-17/h3-10,12H,2H2,1H3. The van der Waals surface area contributed by atoms with Gasteiger partial charge in [0.05, 0.1) is 17.3 Å². The van der Waals surface area contributed by atoms with Crippen LogP contribution >= 0.6 is 0 Å². The molecular weight excluding hydrogens is 276 g/mol. The number of hydrogen-bond donors (Lipinski definition) is 0. The first-order valence-corrected chi connectivity index (χ1v) is 7.02. The summed E-state index contributed by atoms with van der Waals surface area (Å²) >= 11 is 0. The van der Waals surface area contributed by atoms with Crippen molar-refractivity contribution in [2.45, 2.75) is 6.92 Å². The summed E-state index contributed by atoms with van der Waals surface area (Å²) in [5.41, 5.74) is 4.02. The van der Waals surface area contributed by atoms with Crippen molar-refractivity contribution in [3.63, 3.8) is 0 Å². The maximum absolute atomic E-state index is 11.9. The molecule has 0 radical (unpaired) electrons. The number of rotatable bonds is 3. The number of ether oxygens (including phenoxy) is 1. The van der Waals surface area contributed by atoms with Gasteiger partial charge in [-0.2, -0.15) is 0 Å². The lowest BCUT2D eigenvalue weighted by atomic mass is 10.2. The van der Waals surface area contributed by atoms with Gasteiger partial charge in [0.15, 0.2) is 5.70 Å². The molecule has 2 aromatic carbocycles. The Balaban J connectivity index is 2.00. The van der Waals surface area contributed by atoms with Crippen molar-refractivity contribution in [2.24, 2.45) is 9.98 Å². The number of amides is 1. The maximum atomic E-state index is 11.9. The highest BCUT2D eigenvalue weighted by Gasteiger charge is 2.10. The molecule has 1 heterocycles. The molecule has 108 valence electrons. The first-order valence-electron chi connectivity index (χ1n) is 7.02. The molecule has 0 unspecified atom stereocenters. The molecule has 0 saturated heterocycles. The molecule has 0 saturated carbocycles. The van der Waals surface area contributed by atoms with Crippen LogP contribution in [0.5, 0.6) is 5.75 Å². The highest BCUT2D eigenvalue weighted by molar-refractivity contribution is 5.94. The van der Waals surface area contributed by atoms with Crippen molar-refractivity contribution >= 4 is 12.0 Å². The summed E-state index contributed by atoms with van der Waals surface area (Å²) in [5, 5.41) is 1.28. The molecule has 0 spiro atoms. The predicted molar refractivity (Wildman–Crippen MR) is 82.9 cm³/mol. The normalized spacial score (nSPS) is 12.6. The van der Waals surface area contributed by atoms with Crippen LogP contribution in [0.2, 0.25) is 0 Å². The van der Waals surface area contributed by atoms with Gasteiger partial charge in [-0.25, -0.2) is 9.98 Å². The molecular formula is C18H14N2O2. The Morgan fingerprint density at radius 1 is 1.09 bits per heavy atom. The van der Waals surface area contributed by atoms with Gasteiger partial charge in [0.25, 0.3) is 0 Å². The van der Waals surface area contributed by atoms with Crippen LogP contribution in [0.1, 0.15) is 12.5 Å². The van der Waals surface area contributed by atoms with Crippen molar-refractivity contribution in [1.82, 2.24) is 0 Å². The Morgan fingerprint density at radius 3 is 2.64 bits per heavy atom. The molecule has 0 aromatic heterocycles. The van der Waals surface area contributed by atoms with E-state index in [1.165, 1.54) is 0 Å². The van der Waals surface area contributed by atoms with Gasteiger partial charge < -0.3 is 4.74 Å². The molecule has 22 heavy (non-hydrogen) atoms. The minimum atomic E-state index is -0.379. The van der Waals surface area contributed by atoms with Gasteiger partial charge in [0.1, 0.15) is 5.75 Å². The summed E-state index contributed by atoms with van der Waals surface area (Å²) in [6.45, 7) is 2.54. The fraction of sp³-hybridized carbons (Fsp3) is 0.111. The van der Waals surface area contributed by atoms with Crippen LogP contribution in [-0.4, -0.2) is 12.5 Å². The molecule has 0 atom stereocenters. The molecule has 4 nitrogen and oxygen atoms in total. The van der Waals surface area contributed by atoms with Gasteiger partial charge in [-0.1, -0.05) is 30.0 Å². The summed E-state index contributed by atoms with van der Waals surface area (Å²) in [5.74, 6) is 0.404. The number of carbonyl (C=O) groups is 1. The number of para-hydroxylation sites is 2. The third-order valence-electron chi connectivity index (χ3n) is 3.08. The Hall–Kier alpha value is -2.97. The molecule has 1 aliphatic rings. The fourth-order valence-corrected chi connectivity index (χ4v) is 2.09. The van der Waals surface area contributed by atoms with Gasteiger partial charge in [-0.05, 0) is 42.8 Å². The number of nitrogens with zero attached hydrogens (tertiary/aromatic N) is 2. The zero-order valence-corrected chi connectivity index (χ0v) is 12.1. The Morgan fingerprint density at radius 2 is 1.86 bits per heavy atom. The minimum Gasteiger partial charge on any atom is -0.494 e. The Kier molecular flexibility index (Phi) is 3.95. The lowest BCUT2D eigenvalue weighted by Crippen LogP contribution is -2.30. The quantitative estimate of drug-likeness (QED) is 0.642. The fourth-order valence-electron chi connectivity index (χ4n) is 2.09. The smallest absolute Gasteiger partial charge is 0.304 e. The number of hydrogen-bond acceptors (Lipinski definition) is 3. The third kappa shape index (κ3) is 3.03. The van der Waals surface area contributed by atoms with Crippen LogP contribution in [0.15, 0.2) is 69.9 Å². The van der Waals surface area contributed by atoms with Crippen LogP contribution in [-0.2, 0) is 4.79 Å². The molecule has 3 rings (SSSR count). The van der Waals surface area contributed by atoms with Crippen molar-refractivity contribution < 1.29 is 9.53 Å². The van der Waals surface area contributed by atoms with Gasteiger partial charge in [-0.3, -0.25) is 4.79 Å². The van der Waals surface area contributed by atoms with Gasteiger partial charge >= 0.3 is 5.91 Å². The zero-order valence-electron chi connectivity index (χ0n) is 12.1. The van der Waals surface area contributed by atoms with E-state index in [0.717, 1.165) is 11.3 Å². The first-order chi connectivity index (χ1) is 10.8. The molecule has 0 aliphatic carbocycles. The average Bonchev–Trinajstić information content (AvgIpc) is 2.53. The van der Waals surface area contributed by atoms with Crippen molar-refractivity contribution in [2.75, 3.05) is 6.61 Å². The molecule has 0 bridgehead atoms. The van der Waals surface area contributed by atoms with E-state index in [9.17, 15) is 4.79 Å². The summed E-state index contributed by atoms with van der Waals surface area (Å²) in [6, 6.07) is 14.9. The second kappa shape index (κ2) is 6.20. The van der Waals surface area contributed by atoms with Crippen molar-refractivity contribution in [3.8, 4) is 5.75 Å². The number of carbonyl (C=O) groups excluding carboxylic acids is 1. The largest absolute Gasteiger partial charge is 0.494 e. The molecule has 0 fully saturated rings. The van der Waals surface area contributed by atoms with Gasteiger partial charge in [0, 0.05) is 0 Å². The summed E-state index contributed by atoms with van der Waals surface area (Å²) in [4.78, 5) is 20.3. The number of benzene rings is 2. The number of fused-ring (bicyclic) bond motifs is 1. The minimum absolute atomic E-state index is 0.209. The van der Waals surface area contributed by atoms with E-state index in [-0.39, 0.29) is 11.6 Å². The highest BCUT2D eigenvalue weighted by atomic mass is 16.5. The van der Waals surface area contributed by atoms with E-state index >= 15 is 0 Å². The van der Waals surface area contributed by atoms with Crippen molar-refractivity contribution in [3.05, 3.63) is 76.2 Å². The second-order valence-corrected chi connectivity index (χ2v) is 4.66. The third-order valence-corrected chi connectivity index (χ3v) is 3.08. The van der Waals surface area contributed by atoms with E-state index < -0.39 is 0 Å². The van der Waals surface area contributed by atoms with Crippen LogP contribution in [0.25, 0.3) is 6.08 Å². The average molecular weight is 290 g/mol. The second-order valence-electron chi connectivity index (χ2n) is 4.66. The Bertz CT molecular complexity index is 907. The van der Waals surface area contributed by atoms with E-state index in [1.807, 2.05) is 49.4 Å². The van der Waals surface area contributed by atoms with Crippen LogP contribution in [0, 0.1) is 0 Å². The highest BCUT2D eigenvalue weighted by Crippen LogP contribution is 2.14. The van der Waals surface area contributed by atoms with Crippen LogP contribution < -0.4 is 15.5 Å². The van der Waals surface area contributed by atoms with E-state index in [1.54, 1.807) is 12.1 Å². The first kappa shape index (κ1) is 14.0. The summed E-state index contributed by atoms with van der Waals surface area (Å²) in [7, 11) is 0. The van der Waals surface area contributed by atoms with E-state index in [2.05, 4.69) is 15.7 Å². The predicted octanol–water partition coefficient (Wildman–Crippen LogP) is 2.06. The topological polar surface area (TPSA) is 51.0 Å². The lowest BCUT2D eigenvalue weighted by Gasteiger charge is -2.02. The van der Waals surface area contributed by atoms with E-state index in [0.29, 0.717) is 17.3 Å². The maximum Gasteiger partial charge on any atom is 0.304 e. The SMILES string of the molecule is CCOc1cccc(C=C=C2N=c3ccccc3=NC2=O)c1. The van der Waals surface area contributed by atoms with Gasteiger partial charge in [-0.15, -0.1) is 0 Å². The molecule has 1 aliphatic heterocycles. The van der Waals surface area contributed by atoms with Crippen LogP contribution in [0.4, 0.5) is 0 Å². The van der Waals surface area contributed by atoms with E-state index in [4.69, 9.17) is 4.74 Å². The van der Waals surface area contributed by atoms with Crippen molar-refractivity contribution in [1.29, 1.82) is 0 Å². The Labute approximate surface area is 127 Å². The zero-order chi connectivity index (χ0) is 15.4. The molecule has 4 heteroatoms. The molecule has 0 N–H and O–H groups in total. The van der Waals surface area contributed by atoms with Gasteiger partial charge in [0.2, 0.25) is 0 Å². The summed E-state index contributed by atoms with van der Waals surface area (Å²) in [6.07, 6.45) is 1.71. The molecule has 2 aromatic rings. The molecule has 1 amide bonds. The monoisotopic (exact) mass is 290 g/mol. The van der Waals surface area contributed by atoms with Crippen LogP contribution in [0.3, 0.4) is 0 Å².